The minimum Gasteiger partial charge on any atom is -0.480 e. The van der Waals surface area contributed by atoms with E-state index in [0.717, 1.165) is 19.5 Å². The van der Waals surface area contributed by atoms with Gasteiger partial charge in [0.2, 0.25) is 0 Å². The number of rotatable bonds is 3. The van der Waals surface area contributed by atoms with Gasteiger partial charge in [0, 0.05) is 19.7 Å². The highest BCUT2D eigenvalue weighted by molar-refractivity contribution is 5.72. The maximum Gasteiger partial charge on any atom is 0.407 e. The molecular weight excluding hydrogens is 204 g/mol. The van der Waals surface area contributed by atoms with Crippen LogP contribution < -0.4 is 5.73 Å². The molecule has 7 heteroatoms. The molecule has 1 heterocycles. The summed E-state index contributed by atoms with van der Waals surface area (Å²) in [7, 11) is 0. The number of likely N-dealkylation sites (tertiary alicyclic amines) is 1. The highest BCUT2D eigenvalue weighted by Crippen LogP contribution is 2.03. The lowest BCUT2D eigenvalue weighted by atomic mass is 10.2. The molecule has 0 aromatic carbocycles. The largest absolute Gasteiger partial charge is 0.480 e. The van der Waals surface area contributed by atoms with Crippen LogP contribution in [0.15, 0.2) is 0 Å². The lowest BCUT2D eigenvalue weighted by molar-refractivity contribution is -0.138. The van der Waals surface area contributed by atoms with Crippen molar-refractivity contribution >= 4 is 12.1 Å². The third-order valence-corrected chi connectivity index (χ3v) is 1.88. The number of aliphatic carboxylic acids is 1. The van der Waals surface area contributed by atoms with Gasteiger partial charge in [-0.25, -0.2) is 4.79 Å². The minimum absolute atomic E-state index is 0.120. The van der Waals surface area contributed by atoms with Crippen LogP contribution in [0.3, 0.4) is 0 Å². The molecule has 0 unspecified atom stereocenters. The van der Waals surface area contributed by atoms with E-state index in [9.17, 15) is 9.59 Å². The molecular formula is C8H16N2O5. The maximum absolute atomic E-state index is 9.91. The van der Waals surface area contributed by atoms with Crippen molar-refractivity contribution in [1.29, 1.82) is 0 Å². The summed E-state index contributed by atoms with van der Waals surface area (Å²) in [4.78, 5) is 21.1. The number of nitrogens with two attached hydrogens (primary N) is 1. The first kappa shape index (κ1) is 13.7. The van der Waals surface area contributed by atoms with E-state index >= 15 is 0 Å². The molecule has 7 nitrogen and oxygen atoms in total. The van der Waals surface area contributed by atoms with Gasteiger partial charge in [0.25, 0.3) is 0 Å². The van der Waals surface area contributed by atoms with Crippen molar-refractivity contribution in [2.75, 3.05) is 19.7 Å². The summed E-state index contributed by atoms with van der Waals surface area (Å²) < 4.78 is 0. The number of hydrogen-bond acceptors (Lipinski definition) is 4. The van der Waals surface area contributed by atoms with Crippen LogP contribution in [0.1, 0.15) is 12.8 Å². The van der Waals surface area contributed by atoms with Gasteiger partial charge in [0.1, 0.15) is 6.04 Å². The van der Waals surface area contributed by atoms with Crippen molar-refractivity contribution in [3.05, 3.63) is 0 Å². The van der Waals surface area contributed by atoms with E-state index < -0.39 is 18.1 Å². The monoisotopic (exact) mass is 220 g/mol. The zero-order chi connectivity index (χ0) is 11.8. The summed E-state index contributed by atoms with van der Waals surface area (Å²) in [5.74, 6) is -1.07. The predicted octanol–water partition coefficient (Wildman–Crippen LogP) is -0.849. The Labute approximate surface area is 87.1 Å². The van der Waals surface area contributed by atoms with Crippen molar-refractivity contribution in [2.24, 2.45) is 5.73 Å². The third-order valence-electron chi connectivity index (χ3n) is 1.88. The Balaban J connectivity index is 0.000000262. The van der Waals surface area contributed by atoms with Gasteiger partial charge in [-0.1, -0.05) is 0 Å². The van der Waals surface area contributed by atoms with Crippen LogP contribution in [0.4, 0.5) is 4.79 Å². The van der Waals surface area contributed by atoms with Crippen LogP contribution >= 0.6 is 0 Å². The average Bonchev–Trinajstić information content (AvgIpc) is 2.01. The first-order valence-corrected chi connectivity index (χ1v) is 4.56. The van der Waals surface area contributed by atoms with Gasteiger partial charge >= 0.3 is 12.1 Å². The Bertz CT molecular complexity index is 217. The predicted molar refractivity (Wildman–Crippen MR) is 51.5 cm³/mol. The zero-order valence-corrected chi connectivity index (χ0v) is 8.30. The van der Waals surface area contributed by atoms with Crippen LogP contribution in [0.25, 0.3) is 0 Å². The molecule has 0 saturated carbocycles. The van der Waals surface area contributed by atoms with Crippen molar-refractivity contribution in [3.63, 3.8) is 0 Å². The standard InChI is InChI=1S/C4H9NO3.C4H7NO2/c5-3(1-2-6)4(7)8;6-4(7)5-2-1-3-5/h3,6H,1-2,5H2,(H,7,8);1-3H2,(H,6,7)/t3-;/m0./s1. The molecule has 5 N–H and O–H groups in total. The molecule has 1 atom stereocenters. The molecule has 0 aliphatic carbocycles. The van der Waals surface area contributed by atoms with Gasteiger partial charge in [-0.2, -0.15) is 0 Å². The lowest BCUT2D eigenvalue weighted by Crippen LogP contribution is -2.40. The number of aliphatic hydroxyl groups is 1. The van der Waals surface area contributed by atoms with Gasteiger partial charge in [-0.3, -0.25) is 4.79 Å². The molecule has 0 aromatic heterocycles. The maximum atomic E-state index is 9.91. The average molecular weight is 220 g/mol. The van der Waals surface area contributed by atoms with E-state index in [2.05, 4.69) is 0 Å². The highest BCUT2D eigenvalue weighted by Gasteiger charge is 2.17. The first-order valence-electron chi connectivity index (χ1n) is 4.56. The van der Waals surface area contributed by atoms with Gasteiger partial charge < -0.3 is 26.0 Å². The number of nitrogens with zero attached hydrogens (tertiary/aromatic N) is 1. The Kier molecular flexibility index (Phi) is 6.39. The van der Waals surface area contributed by atoms with Crippen molar-refractivity contribution in [3.8, 4) is 0 Å². The second kappa shape index (κ2) is 7.02. The molecule has 1 amide bonds. The Hall–Kier alpha value is -1.34. The summed E-state index contributed by atoms with van der Waals surface area (Å²) in [5, 5.41) is 24.4. The number of hydrogen-bond donors (Lipinski definition) is 4. The van der Waals surface area contributed by atoms with E-state index in [0.29, 0.717) is 0 Å². The van der Waals surface area contributed by atoms with E-state index in [4.69, 9.17) is 21.1 Å². The first-order chi connectivity index (χ1) is 6.99. The number of carbonyl (C=O) groups is 2. The third kappa shape index (κ3) is 5.87. The molecule has 0 aromatic rings. The SMILES string of the molecule is N[C@@H](CCO)C(=O)O.O=C(O)N1CCC1. The van der Waals surface area contributed by atoms with E-state index in [1.165, 1.54) is 4.90 Å². The summed E-state index contributed by atoms with van der Waals surface area (Å²) in [6.45, 7) is 1.29. The number of amides is 1. The summed E-state index contributed by atoms with van der Waals surface area (Å²) in [5.41, 5.74) is 4.97. The summed E-state index contributed by atoms with van der Waals surface area (Å²) >= 11 is 0. The molecule has 1 fully saturated rings. The van der Waals surface area contributed by atoms with Crippen LogP contribution in [0.2, 0.25) is 0 Å². The number of carboxylic acids is 1. The molecule has 15 heavy (non-hydrogen) atoms. The molecule has 1 aliphatic heterocycles. The molecule has 0 bridgehead atoms. The van der Waals surface area contributed by atoms with Gasteiger partial charge in [0.05, 0.1) is 0 Å². The second-order valence-corrected chi connectivity index (χ2v) is 3.08. The Morgan fingerprint density at radius 2 is 1.87 bits per heavy atom. The summed E-state index contributed by atoms with van der Waals surface area (Å²) in [6, 6.07) is -0.917. The van der Waals surface area contributed by atoms with Crippen molar-refractivity contribution < 1.29 is 24.9 Å². The Morgan fingerprint density at radius 3 is 1.93 bits per heavy atom. The van der Waals surface area contributed by atoms with Gasteiger partial charge in [0.15, 0.2) is 0 Å². The quantitative estimate of drug-likeness (QED) is 0.491. The zero-order valence-electron chi connectivity index (χ0n) is 8.30. The van der Waals surface area contributed by atoms with Crippen LogP contribution in [0, 0.1) is 0 Å². The van der Waals surface area contributed by atoms with Crippen LogP contribution in [-0.2, 0) is 4.79 Å². The van der Waals surface area contributed by atoms with E-state index in [1.54, 1.807) is 0 Å². The Morgan fingerprint density at radius 1 is 1.33 bits per heavy atom. The number of carboxylic acid groups (broad SMARTS) is 2. The van der Waals surface area contributed by atoms with E-state index in [-0.39, 0.29) is 13.0 Å². The normalized spacial score (nSPS) is 15.7. The van der Waals surface area contributed by atoms with E-state index in [1.807, 2.05) is 0 Å². The van der Waals surface area contributed by atoms with Crippen molar-refractivity contribution in [1.82, 2.24) is 4.90 Å². The number of aliphatic hydroxyl groups excluding tert-OH is 1. The lowest BCUT2D eigenvalue weighted by Gasteiger charge is -2.27. The van der Waals surface area contributed by atoms with Crippen LogP contribution in [-0.4, -0.2) is 58.0 Å². The highest BCUT2D eigenvalue weighted by atomic mass is 16.4. The van der Waals surface area contributed by atoms with Crippen molar-refractivity contribution in [2.45, 2.75) is 18.9 Å². The topological polar surface area (TPSA) is 124 Å². The molecule has 1 rings (SSSR count). The fraction of sp³-hybridized carbons (Fsp3) is 0.750. The summed E-state index contributed by atoms with van der Waals surface area (Å²) in [6.07, 6.45) is 0.369. The molecule has 1 aliphatic rings. The fourth-order valence-electron chi connectivity index (χ4n) is 0.770. The van der Waals surface area contributed by atoms with Gasteiger partial charge in [-0.05, 0) is 12.8 Å². The fourth-order valence-corrected chi connectivity index (χ4v) is 0.770. The van der Waals surface area contributed by atoms with Gasteiger partial charge in [-0.15, -0.1) is 0 Å². The smallest absolute Gasteiger partial charge is 0.407 e. The minimum atomic E-state index is -1.07. The molecule has 1 saturated heterocycles. The van der Waals surface area contributed by atoms with Crippen LogP contribution in [0.5, 0.6) is 0 Å². The molecule has 0 radical (unpaired) electrons. The second-order valence-electron chi connectivity index (χ2n) is 3.08. The molecule has 0 spiro atoms. The molecule has 88 valence electrons.